The highest BCUT2D eigenvalue weighted by atomic mass is 19.1. The van der Waals surface area contributed by atoms with Gasteiger partial charge in [-0.1, -0.05) is 0 Å². The van der Waals surface area contributed by atoms with E-state index in [0.717, 1.165) is 0 Å². The fraction of sp³-hybridized carbons (Fsp3) is 0.286. The molecule has 2 heterocycles. The summed E-state index contributed by atoms with van der Waals surface area (Å²) in [5.41, 5.74) is -0.162. The molecule has 1 aromatic carbocycles. The Morgan fingerprint density at radius 2 is 2.00 bits per heavy atom. The van der Waals surface area contributed by atoms with E-state index >= 15 is 0 Å². The number of carbonyl (C=O) groups is 1. The van der Waals surface area contributed by atoms with Crippen molar-refractivity contribution >= 4 is 17.6 Å². The Morgan fingerprint density at radius 1 is 1.27 bits per heavy atom. The number of ether oxygens (including phenoxy) is 1. The molecule has 0 spiro atoms. The predicted molar refractivity (Wildman–Crippen MR) is 75.7 cm³/mol. The van der Waals surface area contributed by atoms with Crippen LogP contribution in [0.1, 0.15) is 17.4 Å². The van der Waals surface area contributed by atoms with Gasteiger partial charge in [-0.15, -0.1) is 10.2 Å². The van der Waals surface area contributed by atoms with E-state index in [9.17, 15) is 14.0 Å². The molecule has 0 unspecified atom stereocenters. The highest BCUT2D eigenvalue weighted by molar-refractivity contribution is 5.86. The fourth-order valence-corrected chi connectivity index (χ4v) is 2.30. The second-order valence-corrected chi connectivity index (χ2v) is 4.65. The van der Waals surface area contributed by atoms with Crippen molar-refractivity contribution in [2.75, 3.05) is 18.1 Å². The molecule has 0 saturated carbocycles. The number of rotatable bonds is 3. The third-order valence-corrected chi connectivity index (χ3v) is 3.32. The molecule has 0 radical (unpaired) electrons. The number of anilines is 2. The van der Waals surface area contributed by atoms with Crippen LogP contribution in [0.5, 0.6) is 0 Å². The van der Waals surface area contributed by atoms with Gasteiger partial charge in [0.2, 0.25) is 11.6 Å². The first-order chi connectivity index (χ1) is 10.6. The standard InChI is InChI=1S/C14H13FN4O3/c1-2-22-13(21)11-12(20)19-8-7-18(14(19)17-16-11)10-5-3-9(15)4-6-10/h3-6H,2,7-8H2,1H3. The molecule has 7 nitrogen and oxygen atoms in total. The van der Waals surface area contributed by atoms with E-state index in [1.165, 1.54) is 16.7 Å². The molecule has 1 aliphatic rings. The Labute approximate surface area is 125 Å². The maximum Gasteiger partial charge on any atom is 0.364 e. The minimum absolute atomic E-state index is 0.156. The normalized spacial score (nSPS) is 13.1. The molecule has 0 aliphatic carbocycles. The van der Waals surface area contributed by atoms with Gasteiger partial charge in [0, 0.05) is 18.8 Å². The van der Waals surface area contributed by atoms with E-state index in [4.69, 9.17) is 4.74 Å². The van der Waals surface area contributed by atoms with Crippen molar-refractivity contribution in [1.82, 2.24) is 14.8 Å². The van der Waals surface area contributed by atoms with E-state index in [0.29, 0.717) is 24.7 Å². The summed E-state index contributed by atoms with van der Waals surface area (Å²) in [7, 11) is 0. The highest BCUT2D eigenvalue weighted by Crippen LogP contribution is 2.26. The van der Waals surface area contributed by atoms with Gasteiger partial charge in [-0.2, -0.15) is 0 Å². The van der Waals surface area contributed by atoms with Crippen LogP contribution in [0.25, 0.3) is 0 Å². The van der Waals surface area contributed by atoms with E-state index in [1.807, 2.05) is 0 Å². The molecule has 3 rings (SSSR count). The molecule has 1 aromatic heterocycles. The van der Waals surface area contributed by atoms with Crippen LogP contribution in [-0.4, -0.2) is 33.9 Å². The van der Waals surface area contributed by atoms with Gasteiger partial charge in [0.05, 0.1) is 6.61 Å². The van der Waals surface area contributed by atoms with Crippen molar-refractivity contribution in [3.05, 3.63) is 46.1 Å². The zero-order valence-electron chi connectivity index (χ0n) is 11.8. The highest BCUT2D eigenvalue weighted by Gasteiger charge is 2.27. The predicted octanol–water partition coefficient (Wildman–Crippen LogP) is 1.11. The van der Waals surface area contributed by atoms with Crippen molar-refractivity contribution in [3.63, 3.8) is 0 Å². The monoisotopic (exact) mass is 304 g/mol. The molecule has 2 aromatic rings. The van der Waals surface area contributed by atoms with Crippen molar-refractivity contribution in [2.45, 2.75) is 13.5 Å². The van der Waals surface area contributed by atoms with Gasteiger partial charge in [0.15, 0.2) is 0 Å². The van der Waals surface area contributed by atoms with Gasteiger partial charge in [-0.25, -0.2) is 9.18 Å². The number of fused-ring (bicyclic) bond motifs is 1. The number of halogens is 1. The maximum absolute atomic E-state index is 13.0. The van der Waals surface area contributed by atoms with Crippen LogP contribution in [0.2, 0.25) is 0 Å². The molecule has 8 heteroatoms. The number of aromatic nitrogens is 3. The van der Waals surface area contributed by atoms with Crippen LogP contribution in [-0.2, 0) is 11.3 Å². The number of benzene rings is 1. The van der Waals surface area contributed by atoms with E-state index in [1.54, 1.807) is 24.0 Å². The number of hydrogen-bond acceptors (Lipinski definition) is 6. The summed E-state index contributed by atoms with van der Waals surface area (Å²) in [6.07, 6.45) is 0. The number of carbonyl (C=O) groups excluding carboxylic acids is 1. The summed E-state index contributed by atoms with van der Waals surface area (Å²) in [6, 6.07) is 5.85. The lowest BCUT2D eigenvalue weighted by molar-refractivity contribution is 0.0515. The minimum atomic E-state index is -0.782. The number of esters is 1. The summed E-state index contributed by atoms with van der Waals surface area (Å²) in [4.78, 5) is 25.7. The van der Waals surface area contributed by atoms with Crippen LogP contribution < -0.4 is 10.5 Å². The number of nitrogens with zero attached hydrogens (tertiary/aromatic N) is 4. The first-order valence-corrected chi connectivity index (χ1v) is 6.79. The van der Waals surface area contributed by atoms with Crippen LogP contribution in [0.15, 0.2) is 29.1 Å². The van der Waals surface area contributed by atoms with E-state index < -0.39 is 11.5 Å². The molecule has 22 heavy (non-hydrogen) atoms. The SMILES string of the molecule is CCOC(=O)c1nnc2n(c1=O)CCN2c1ccc(F)cc1. The molecule has 1 aliphatic heterocycles. The van der Waals surface area contributed by atoms with Gasteiger partial charge in [0.1, 0.15) is 5.82 Å². The minimum Gasteiger partial charge on any atom is -0.461 e. The van der Waals surface area contributed by atoms with Crippen LogP contribution >= 0.6 is 0 Å². The lowest BCUT2D eigenvalue weighted by Gasteiger charge is -2.16. The molecule has 0 amide bonds. The van der Waals surface area contributed by atoms with Crippen molar-refractivity contribution in [2.24, 2.45) is 0 Å². The molecule has 0 N–H and O–H groups in total. The lowest BCUT2D eigenvalue weighted by Crippen LogP contribution is -2.29. The largest absolute Gasteiger partial charge is 0.461 e. The molecule has 0 saturated heterocycles. The average molecular weight is 304 g/mol. The number of hydrogen-bond donors (Lipinski definition) is 0. The van der Waals surface area contributed by atoms with E-state index in [-0.39, 0.29) is 18.1 Å². The first-order valence-electron chi connectivity index (χ1n) is 6.79. The van der Waals surface area contributed by atoms with Crippen molar-refractivity contribution < 1.29 is 13.9 Å². The van der Waals surface area contributed by atoms with Gasteiger partial charge in [0.25, 0.3) is 5.56 Å². The maximum atomic E-state index is 13.0. The first kappa shape index (κ1) is 14.2. The zero-order chi connectivity index (χ0) is 15.7. The summed E-state index contributed by atoms with van der Waals surface area (Å²) in [6.45, 7) is 2.66. The Bertz CT molecular complexity index is 773. The van der Waals surface area contributed by atoms with Crippen molar-refractivity contribution in [1.29, 1.82) is 0 Å². The Hall–Kier alpha value is -2.77. The second kappa shape index (κ2) is 5.55. The van der Waals surface area contributed by atoms with Crippen LogP contribution in [0, 0.1) is 5.82 Å². The van der Waals surface area contributed by atoms with Crippen LogP contribution in [0.3, 0.4) is 0 Å². The Kier molecular flexibility index (Phi) is 3.58. The van der Waals surface area contributed by atoms with Gasteiger partial charge in [-0.3, -0.25) is 9.36 Å². The average Bonchev–Trinajstić information content (AvgIpc) is 2.93. The van der Waals surface area contributed by atoms with Gasteiger partial charge < -0.3 is 9.64 Å². The van der Waals surface area contributed by atoms with E-state index in [2.05, 4.69) is 10.2 Å². The Morgan fingerprint density at radius 3 is 2.68 bits per heavy atom. The van der Waals surface area contributed by atoms with Crippen LogP contribution in [0.4, 0.5) is 16.0 Å². The summed E-state index contributed by atoms with van der Waals surface area (Å²) >= 11 is 0. The molecule has 0 atom stereocenters. The summed E-state index contributed by atoms with van der Waals surface area (Å²) < 4.78 is 19.1. The zero-order valence-corrected chi connectivity index (χ0v) is 11.8. The topological polar surface area (TPSA) is 77.3 Å². The second-order valence-electron chi connectivity index (χ2n) is 4.65. The third-order valence-electron chi connectivity index (χ3n) is 3.32. The quantitative estimate of drug-likeness (QED) is 0.790. The third kappa shape index (κ3) is 2.32. The smallest absolute Gasteiger partial charge is 0.364 e. The molecule has 114 valence electrons. The molecular weight excluding hydrogens is 291 g/mol. The fourth-order valence-electron chi connectivity index (χ4n) is 2.30. The summed E-state index contributed by atoms with van der Waals surface area (Å²) in [5.74, 6) is -0.802. The van der Waals surface area contributed by atoms with Gasteiger partial charge in [-0.05, 0) is 31.2 Å². The van der Waals surface area contributed by atoms with Gasteiger partial charge >= 0.3 is 5.97 Å². The summed E-state index contributed by atoms with van der Waals surface area (Å²) in [5, 5.41) is 7.64. The Balaban J connectivity index is 1.99. The molecular formula is C14H13FN4O3. The van der Waals surface area contributed by atoms with Crippen molar-refractivity contribution in [3.8, 4) is 0 Å². The molecule has 0 fully saturated rings. The molecule has 0 bridgehead atoms. The lowest BCUT2D eigenvalue weighted by atomic mass is 10.3.